The van der Waals surface area contributed by atoms with Gasteiger partial charge < -0.3 is 5.11 Å². The van der Waals surface area contributed by atoms with Gasteiger partial charge in [0.1, 0.15) is 11.3 Å². The fourth-order valence-electron chi connectivity index (χ4n) is 3.50. The van der Waals surface area contributed by atoms with E-state index in [9.17, 15) is 5.11 Å². The number of rotatable bonds is 3. The van der Waals surface area contributed by atoms with Crippen LogP contribution < -0.4 is 0 Å². The van der Waals surface area contributed by atoms with Gasteiger partial charge in [-0.05, 0) is 56.3 Å². The number of phenolic OH excluding ortho intramolecular Hbond substituents is 1. The molecule has 1 fully saturated rings. The Bertz CT molecular complexity index is 863. The van der Waals surface area contributed by atoms with E-state index in [1.54, 1.807) is 12.4 Å². The Kier molecular flexibility index (Phi) is 4.08. The van der Waals surface area contributed by atoms with Crippen molar-refractivity contribution in [3.05, 3.63) is 65.1 Å². The minimum Gasteiger partial charge on any atom is -0.505 e. The Balaban J connectivity index is 1.92. The van der Waals surface area contributed by atoms with E-state index in [0.29, 0.717) is 10.5 Å². The van der Waals surface area contributed by atoms with E-state index in [1.807, 2.05) is 36.4 Å². The van der Waals surface area contributed by atoms with Crippen molar-refractivity contribution in [2.24, 2.45) is 0 Å². The number of halogens is 1. The molecule has 2 aromatic heterocycles. The molecule has 5 heteroatoms. The van der Waals surface area contributed by atoms with E-state index in [0.717, 1.165) is 42.6 Å². The molecule has 0 unspecified atom stereocenters. The van der Waals surface area contributed by atoms with Crippen LogP contribution in [-0.2, 0) is 0 Å². The highest BCUT2D eigenvalue weighted by molar-refractivity contribution is 6.35. The van der Waals surface area contributed by atoms with Crippen LogP contribution in [-0.4, -0.2) is 33.1 Å². The van der Waals surface area contributed by atoms with Gasteiger partial charge in [0, 0.05) is 23.3 Å². The lowest BCUT2D eigenvalue weighted by Gasteiger charge is -2.28. The third kappa shape index (κ3) is 2.62. The molecule has 1 aromatic carbocycles. The van der Waals surface area contributed by atoms with Gasteiger partial charge in [0.05, 0.1) is 16.8 Å². The molecule has 1 saturated heterocycles. The molecule has 0 saturated carbocycles. The molecule has 122 valence electrons. The lowest BCUT2D eigenvalue weighted by atomic mass is 9.98. The van der Waals surface area contributed by atoms with Gasteiger partial charge in [0.25, 0.3) is 0 Å². The molecule has 24 heavy (non-hydrogen) atoms. The summed E-state index contributed by atoms with van der Waals surface area (Å²) in [6.07, 6.45) is 5.78. The van der Waals surface area contributed by atoms with Crippen molar-refractivity contribution in [3.63, 3.8) is 0 Å². The van der Waals surface area contributed by atoms with Crippen LogP contribution in [0.1, 0.15) is 30.1 Å². The number of benzene rings is 1. The minimum absolute atomic E-state index is 0.113. The number of fused-ring (bicyclic) bond motifs is 1. The van der Waals surface area contributed by atoms with E-state index in [4.69, 9.17) is 11.6 Å². The zero-order valence-electron chi connectivity index (χ0n) is 13.2. The first kappa shape index (κ1) is 15.4. The maximum Gasteiger partial charge on any atom is 0.147 e. The lowest BCUT2D eigenvalue weighted by molar-refractivity contribution is 0.271. The topological polar surface area (TPSA) is 49.3 Å². The predicted octanol–water partition coefficient (Wildman–Crippen LogP) is 4.17. The molecule has 1 N–H and O–H groups in total. The second kappa shape index (κ2) is 6.38. The molecule has 0 aliphatic carbocycles. The summed E-state index contributed by atoms with van der Waals surface area (Å²) in [7, 11) is 0. The van der Waals surface area contributed by atoms with Gasteiger partial charge in [-0.15, -0.1) is 0 Å². The summed E-state index contributed by atoms with van der Waals surface area (Å²) in [4.78, 5) is 11.2. The highest BCUT2D eigenvalue weighted by atomic mass is 35.5. The number of aromatic hydroxyl groups is 1. The molecule has 1 atom stereocenters. The van der Waals surface area contributed by atoms with Gasteiger partial charge in [-0.25, -0.2) is 0 Å². The number of pyridine rings is 2. The summed E-state index contributed by atoms with van der Waals surface area (Å²) in [6, 6.07) is 11.3. The fourth-order valence-corrected chi connectivity index (χ4v) is 3.77. The summed E-state index contributed by atoms with van der Waals surface area (Å²) in [5.41, 5.74) is 2.23. The van der Waals surface area contributed by atoms with Gasteiger partial charge in [0.2, 0.25) is 0 Å². The van der Waals surface area contributed by atoms with Crippen LogP contribution >= 0.6 is 11.6 Å². The van der Waals surface area contributed by atoms with Gasteiger partial charge in [-0.1, -0.05) is 17.7 Å². The molecule has 3 heterocycles. The molecule has 4 nitrogen and oxygen atoms in total. The Hall–Kier alpha value is -2.17. The van der Waals surface area contributed by atoms with Crippen LogP contribution in [0.25, 0.3) is 10.9 Å². The van der Waals surface area contributed by atoms with Crippen molar-refractivity contribution in [1.29, 1.82) is 0 Å². The third-order valence-corrected chi connectivity index (χ3v) is 4.93. The first-order valence-corrected chi connectivity index (χ1v) is 8.54. The number of aromatic nitrogens is 2. The predicted molar refractivity (Wildman–Crippen MR) is 95.3 cm³/mol. The van der Waals surface area contributed by atoms with Crippen LogP contribution in [0.4, 0.5) is 0 Å². The van der Waals surface area contributed by atoms with Crippen LogP contribution in [0.5, 0.6) is 5.75 Å². The minimum atomic E-state index is -0.113. The van der Waals surface area contributed by atoms with Gasteiger partial charge >= 0.3 is 0 Å². The Labute approximate surface area is 145 Å². The van der Waals surface area contributed by atoms with Crippen molar-refractivity contribution < 1.29 is 5.11 Å². The van der Waals surface area contributed by atoms with Crippen LogP contribution in [0.15, 0.2) is 48.8 Å². The Morgan fingerprint density at radius 1 is 1.04 bits per heavy atom. The Morgan fingerprint density at radius 3 is 2.58 bits per heavy atom. The maximum atomic E-state index is 10.9. The molecule has 0 amide bonds. The molecular weight excluding hydrogens is 322 g/mol. The van der Waals surface area contributed by atoms with Crippen molar-refractivity contribution in [3.8, 4) is 5.75 Å². The van der Waals surface area contributed by atoms with Crippen molar-refractivity contribution in [2.45, 2.75) is 18.9 Å². The van der Waals surface area contributed by atoms with Gasteiger partial charge in [-0.2, -0.15) is 0 Å². The normalized spacial score (nSPS) is 16.5. The summed E-state index contributed by atoms with van der Waals surface area (Å²) in [6.45, 7) is 1.97. The van der Waals surface area contributed by atoms with E-state index in [1.165, 1.54) is 0 Å². The van der Waals surface area contributed by atoms with Gasteiger partial charge in [-0.3, -0.25) is 14.9 Å². The lowest BCUT2D eigenvalue weighted by Crippen LogP contribution is -2.27. The fraction of sp³-hybridized carbons (Fsp3) is 0.263. The third-order valence-electron chi connectivity index (χ3n) is 4.61. The van der Waals surface area contributed by atoms with E-state index in [2.05, 4.69) is 14.9 Å². The molecule has 0 bridgehead atoms. The average molecular weight is 340 g/mol. The zero-order valence-corrected chi connectivity index (χ0v) is 13.9. The quantitative estimate of drug-likeness (QED) is 0.778. The monoisotopic (exact) mass is 339 g/mol. The van der Waals surface area contributed by atoms with Gasteiger partial charge in [0.15, 0.2) is 0 Å². The molecule has 0 radical (unpaired) electrons. The van der Waals surface area contributed by atoms with Crippen LogP contribution in [0.2, 0.25) is 5.02 Å². The zero-order chi connectivity index (χ0) is 16.5. The smallest absolute Gasteiger partial charge is 0.147 e. The number of nitrogens with zero attached hydrogens (tertiary/aromatic N) is 3. The van der Waals surface area contributed by atoms with E-state index >= 15 is 0 Å². The molecule has 1 aliphatic heterocycles. The number of hydrogen-bond donors (Lipinski definition) is 1. The van der Waals surface area contributed by atoms with Crippen LogP contribution in [0.3, 0.4) is 0 Å². The summed E-state index contributed by atoms with van der Waals surface area (Å²) in [5.74, 6) is 0.192. The second-order valence-electron chi connectivity index (χ2n) is 6.10. The summed E-state index contributed by atoms with van der Waals surface area (Å²) in [5, 5.41) is 12.3. The molecule has 1 aliphatic rings. The Morgan fingerprint density at radius 2 is 1.83 bits per heavy atom. The van der Waals surface area contributed by atoms with E-state index < -0.39 is 0 Å². The number of hydrogen-bond acceptors (Lipinski definition) is 4. The molecular formula is C19H18ClN3O. The second-order valence-corrected chi connectivity index (χ2v) is 6.50. The maximum absolute atomic E-state index is 10.9. The van der Waals surface area contributed by atoms with Crippen molar-refractivity contribution in [1.82, 2.24) is 14.9 Å². The summed E-state index contributed by atoms with van der Waals surface area (Å²) >= 11 is 6.48. The summed E-state index contributed by atoms with van der Waals surface area (Å²) < 4.78 is 0. The first-order valence-electron chi connectivity index (χ1n) is 8.17. The van der Waals surface area contributed by atoms with E-state index in [-0.39, 0.29) is 11.8 Å². The molecule has 3 aromatic rings. The highest BCUT2D eigenvalue weighted by Crippen LogP contribution is 2.41. The van der Waals surface area contributed by atoms with Crippen molar-refractivity contribution >= 4 is 22.5 Å². The highest BCUT2D eigenvalue weighted by Gasteiger charge is 2.29. The number of likely N-dealkylation sites (tertiary alicyclic amines) is 1. The van der Waals surface area contributed by atoms with Crippen molar-refractivity contribution in [2.75, 3.05) is 13.1 Å². The first-order chi connectivity index (χ1) is 11.8. The standard InChI is InChI=1S/C19H18ClN3O/c20-15-12-14(19(24)17-13(15)6-5-9-22-17)18(23-10-3-4-11-23)16-7-1-2-8-21-16/h1-2,5-9,12,18,24H,3-4,10-11H2/t18-/m0/s1. The SMILES string of the molecule is Oc1c([C@@H](c2ccccn2)N2CCCC2)cc(Cl)c2cccnc12. The molecule has 0 spiro atoms. The molecule has 4 rings (SSSR count). The van der Waals surface area contributed by atoms with Crippen LogP contribution in [0, 0.1) is 0 Å². The average Bonchev–Trinajstić information content (AvgIpc) is 3.15. The largest absolute Gasteiger partial charge is 0.505 e. The number of phenols is 1.